The third-order valence-electron chi connectivity index (χ3n) is 26.1. The Labute approximate surface area is 440 Å². The zero-order valence-electron chi connectivity index (χ0n) is 49.1. The molecule has 0 radical (unpaired) electrons. The Morgan fingerprint density at radius 2 is 0.586 bits per heavy atom. The van der Waals surface area contributed by atoms with E-state index in [0.717, 1.165) is 136 Å². The van der Waals surface area contributed by atoms with Crippen molar-refractivity contribution < 1.29 is 0 Å². The normalized spacial score (nSPS) is 42.5. The van der Waals surface area contributed by atoms with Gasteiger partial charge in [0.1, 0.15) is 0 Å². The second-order valence-corrected chi connectivity index (χ2v) is 30.6. The molecule has 406 valence electrons. The molecule has 8 fully saturated rings. The van der Waals surface area contributed by atoms with Crippen molar-refractivity contribution in [3.63, 3.8) is 0 Å². The maximum Gasteiger partial charge on any atom is -0.0352 e. The highest BCUT2D eigenvalue weighted by Gasteiger charge is 2.43. The van der Waals surface area contributed by atoms with Gasteiger partial charge in [-0.3, -0.25) is 0 Å². The van der Waals surface area contributed by atoms with Crippen LogP contribution in [0, 0.1) is 136 Å². The third-order valence-corrected chi connectivity index (χ3v) is 26.1. The van der Waals surface area contributed by atoms with Gasteiger partial charge in [0.25, 0.3) is 0 Å². The average molecular weight is 968 g/mol. The minimum atomic E-state index is 0.946. The summed E-state index contributed by atoms with van der Waals surface area (Å²) in [5, 5.41) is 0. The summed E-state index contributed by atoms with van der Waals surface area (Å²) in [6, 6.07) is 0. The first-order valence-electron chi connectivity index (χ1n) is 33.9. The van der Waals surface area contributed by atoms with Gasteiger partial charge in [0.05, 0.1) is 0 Å². The summed E-state index contributed by atoms with van der Waals surface area (Å²) in [4.78, 5) is 0. The molecule has 0 spiro atoms. The monoisotopic (exact) mass is 967 g/mol. The predicted molar refractivity (Wildman–Crippen MR) is 307 cm³/mol. The van der Waals surface area contributed by atoms with Crippen LogP contribution in [0.5, 0.6) is 0 Å². The maximum absolute atomic E-state index is 2.82. The van der Waals surface area contributed by atoms with E-state index in [4.69, 9.17) is 0 Å². The van der Waals surface area contributed by atoms with E-state index >= 15 is 0 Å². The largest absolute Gasteiger partial charge is 0.0651 e. The van der Waals surface area contributed by atoms with Crippen molar-refractivity contribution in [2.24, 2.45) is 136 Å². The molecule has 0 amide bonds. The summed E-state index contributed by atoms with van der Waals surface area (Å²) in [6.45, 7) is 23.6. The summed E-state index contributed by atoms with van der Waals surface area (Å²) in [6.07, 6.45) is 59.0. The van der Waals surface area contributed by atoms with Crippen molar-refractivity contribution in [2.75, 3.05) is 0 Å². The third kappa shape index (κ3) is 15.8. The van der Waals surface area contributed by atoms with Gasteiger partial charge in [-0.05, 0) is 265 Å². The molecule has 0 aliphatic heterocycles. The van der Waals surface area contributed by atoms with E-state index in [0.29, 0.717) is 0 Å². The minimum absolute atomic E-state index is 0.946. The quantitative estimate of drug-likeness (QED) is 0.114. The molecule has 8 rings (SSSR count). The predicted octanol–water partition coefficient (Wildman–Crippen LogP) is 22.3. The van der Waals surface area contributed by atoms with Crippen molar-refractivity contribution in [1.82, 2.24) is 0 Å². The highest BCUT2D eigenvalue weighted by molar-refractivity contribution is 4.94. The Morgan fingerprint density at radius 3 is 1.06 bits per heavy atom. The SMILES string of the molecule is CCC1CCC(CC(C2CCC(CC(C3CCC(CC(C)C4CCC(C)CC4)CC3)C(C)C3CCC(C)CC3)CC2)C(CCC(C)C2CCC(C)CC2)C2CCC(C(C)C3CCC(C)CC3)CC2)CC1. The number of rotatable bonds is 20. The van der Waals surface area contributed by atoms with Crippen LogP contribution in [-0.4, -0.2) is 0 Å². The van der Waals surface area contributed by atoms with E-state index in [1.807, 2.05) is 0 Å². The lowest BCUT2D eigenvalue weighted by molar-refractivity contribution is 0.0305. The molecule has 70 heavy (non-hydrogen) atoms. The van der Waals surface area contributed by atoms with E-state index in [1.165, 1.54) is 96.3 Å². The van der Waals surface area contributed by atoms with Crippen LogP contribution >= 0.6 is 0 Å². The Kier molecular flexibility index (Phi) is 22.4. The molecule has 0 aromatic rings. The van der Waals surface area contributed by atoms with Gasteiger partial charge in [0.2, 0.25) is 0 Å². The van der Waals surface area contributed by atoms with Gasteiger partial charge in [-0.25, -0.2) is 0 Å². The maximum atomic E-state index is 2.82. The van der Waals surface area contributed by atoms with Crippen LogP contribution in [0.25, 0.3) is 0 Å². The lowest BCUT2D eigenvalue weighted by Crippen LogP contribution is -2.37. The lowest BCUT2D eigenvalue weighted by atomic mass is 9.58. The van der Waals surface area contributed by atoms with Gasteiger partial charge in [-0.2, -0.15) is 0 Å². The Morgan fingerprint density at radius 1 is 0.271 bits per heavy atom. The second kappa shape index (κ2) is 27.9. The molecule has 0 bridgehead atoms. The fourth-order valence-corrected chi connectivity index (χ4v) is 20.3. The van der Waals surface area contributed by atoms with Crippen LogP contribution < -0.4 is 0 Å². The Bertz CT molecular complexity index is 1380. The van der Waals surface area contributed by atoms with E-state index in [1.54, 1.807) is 148 Å². The van der Waals surface area contributed by atoms with Crippen LogP contribution in [0.15, 0.2) is 0 Å². The van der Waals surface area contributed by atoms with Gasteiger partial charge in [0.15, 0.2) is 0 Å². The van der Waals surface area contributed by atoms with Gasteiger partial charge >= 0.3 is 0 Å². The van der Waals surface area contributed by atoms with Gasteiger partial charge in [0, 0.05) is 0 Å². The number of hydrogen-bond donors (Lipinski definition) is 0. The molecular weight excluding hydrogens is 841 g/mol. The summed E-state index contributed by atoms with van der Waals surface area (Å²) >= 11 is 0. The van der Waals surface area contributed by atoms with Crippen LogP contribution in [0.3, 0.4) is 0 Å². The van der Waals surface area contributed by atoms with Gasteiger partial charge in [-0.1, -0.05) is 178 Å². The van der Waals surface area contributed by atoms with E-state index < -0.39 is 0 Å². The van der Waals surface area contributed by atoms with Crippen LogP contribution in [0.1, 0.15) is 306 Å². The van der Waals surface area contributed by atoms with Crippen molar-refractivity contribution >= 4 is 0 Å². The minimum Gasteiger partial charge on any atom is -0.0651 e. The topological polar surface area (TPSA) is 0 Å². The Balaban J connectivity index is 0.945. The second-order valence-electron chi connectivity index (χ2n) is 30.6. The average Bonchev–Trinajstić information content (AvgIpc) is 3.39. The molecule has 8 aliphatic carbocycles. The first-order valence-corrected chi connectivity index (χ1v) is 33.9. The molecule has 0 N–H and O–H groups in total. The molecule has 8 aliphatic rings. The highest BCUT2D eigenvalue weighted by Crippen LogP contribution is 2.54. The molecular formula is C70H126. The smallest absolute Gasteiger partial charge is 0.0352 e. The summed E-state index contributed by atoms with van der Waals surface area (Å²) in [5.74, 6) is 23.1. The van der Waals surface area contributed by atoms with E-state index in [9.17, 15) is 0 Å². The zero-order valence-corrected chi connectivity index (χ0v) is 49.1. The molecule has 0 aromatic heterocycles. The van der Waals surface area contributed by atoms with Gasteiger partial charge < -0.3 is 0 Å². The van der Waals surface area contributed by atoms with Crippen LogP contribution in [-0.2, 0) is 0 Å². The Hall–Kier alpha value is 0. The van der Waals surface area contributed by atoms with E-state index in [2.05, 4.69) is 62.3 Å². The number of hydrogen-bond acceptors (Lipinski definition) is 0. The molecule has 0 aromatic carbocycles. The summed E-state index contributed by atoms with van der Waals surface area (Å²) in [7, 11) is 0. The van der Waals surface area contributed by atoms with Crippen molar-refractivity contribution in [3.05, 3.63) is 0 Å². The molecule has 0 nitrogen and oxygen atoms in total. The summed E-state index contributed by atoms with van der Waals surface area (Å²) in [5.41, 5.74) is 0. The molecule has 7 unspecified atom stereocenters. The lowest BCUT2D eigenvalue weighted by Gasteiger charge is -2.47. The molecule has 8 saturated carbocycles. The first-order chi connectivity index (χ1) is 33.9. The van der Waals surface area contributed by atoms with Crippen molar-refractivity contribution in [2.45, 2.75) is 306 Å². The zero-order chi connectivity index (χ0) is 49.1. The fraction of sp³-hybridized carbons (Fsp3) is 1.00. The molecule has 0 saturated heterocycles. The van der Waals surface area contributed by atoms with E-state index in [-0.39, 0.29) is 0 Å². The van der Waals surface area contributed by atoms with Crippen molar-refractivity contribution in [1.29, 1.82) is 0 Å². The fourth-order valence-electron chi connectivity index (χ4n) is 20.3. The molecule has 7 atom stereocenters. The molecule has 0 heterocycles. The van der Waals surface area contributed by atoms with Crippen molar-refractivity contribution in [3.8, 4) is 0 Å². The van der Waals surface area contributed by atoms with Gasteiger partial charge in [-0.15, -0.1) is 0 Å². The molecule has 0 heteroatoms. The first kappa shape index (κ1) is 56.2. The summed E-state index contributed by atoms with van der Waals surface area (Å²) < 4.78 is 0. The standard InChI is InChI=1S/C70H126/c1-10-56-20-22-58(23-21-56)47-70(68(44-19-52(6)60-28-11-48(2)12-29-60)65-42-40-63(41-43-65)54(8)62-32-15-50(4)16-33-62)67-38-26-59(27-39-67)46-69(55(9)64-34-17-51(5)18-35-64)66-36-24-57(25-37-66)45-53(7)61-30-13-49(3)14-31-61/h48-70H,10-47H2,1-9H3. The van der Waals surface area contributed by atoms with Crippen LogP contribution in [0.2, 0.25) is 0 Å². The van der Waals surface area contributed by atoms with Crippen LogP contribution in [0.4, 0.5) is 0 Å². The highest BCUT2D eigenvalue weighted by atomic mass is 14.5.